The molecule has 0 unspecified atom stereocenters. The Kier molecular flexibility index (Phi) is 3.88. The van der Waals surface area contributed by atoms with Crippen LogP contribution in [0.2, 0.25) is 0 Å². The fraction of sp³-hybridized carbons (Fsp3) is 0.273. The number of aromatic hydroxyl groups is 1. The summed E-state index contributed by atoms with van der Waals surface area (Å²) in [5.41, 5.74) is 0.615. The quantitative estimate of drug-likeness (QED) is 0.772. The maximum Gasteiger partial charge on any atom is 0.338 e. The number of phenolic OH excluding ortho intramolecular Hbond substituents is 1. The molecule has 86 valence electrons. The molecule has 0 aliphatic carbocycles. The van der Waals surface area contributed by atoms with Crippen molar-refractivity contribution in [2.24, 2.45) is 0 Å². The van der Waals surface area contributed by atoms with Gasteiger partial charge in [0.1, 0.15) is 5.75 Å². The molecule has 0 aliphatic heterocycles. The third kappa shape index (κ3) is 2.73. The molecule has 0 fully saturated rings. The van der Waals surface area contributed by atoms with Crippen molar-refractivity contribution in [1.29, 1.82) is 0 Å². The van der Waals surface area contributed by atoms with E-state index in [0.717, 1.165) is 0 Å². The number of benzene rings is 1. The Morgan fingerprint density at radius 3 is 2.50 bits per heavy atom. The van der Waals surface area contributed by atoms with E-state index < -0.39 is 11.9 Å². The van der Waals surface area contributed by atoms with Crippen LogP contribution in [0.1, 0.15) is 15.9 Å². The lowest BCUT2D eigenvalue weighted by Crippen LogP contribution is -2.11. The van der Waals surface area contributed by atoms with E-state index in [-0.39, 0.29) is 17.7 Å². The molecule has 5 nitrogen and oxygen atoms in total. The molecule has 0 heterocycles. The molecule has 0 saturated heterocycles. The Balaban J connectivity index is 3.07. The minimum absolute atomic E-state index is 0.0405. The first-order valence-corrected chi connectivity index (χ1v) is 4.55. The Hall–Kier alpha value is -2.04. The van der Waals surface area contributed by atoms with Gasteiger partial charge >= 0.3 is 11.9 Å². The van der Waals surface area contributed by atoms with Gasteiger partial charge in [0.2, 0.25) is 0 Å². The fourth-order valence-electron chi connectivity index (χ4n) is 1.25. The maximum atomic E-state index is 11.4. The van der Waals surface area contributed by atoms with E-state index in [1.807, 2.05) is 0 Å². The van der Waals surface area contributed by atoms with Gasteiger partial charge in [0.15, 0.2) is 0 Å². The predicted molar refractivity (Wildman–Crippen MR) is 55.2 cm³/mol. The molecule has 0 bridgehead atoms. The van der Waals surface area contributed by atoms with Crippen molar-refractivity contribution in [3.63, 3.8) is 0 Å². The minimum atomic E-state index is -0.602. The summed E-state index contributed by atoms with van der Waals surface area (Å²) < 4.78 is 9.04. The summed E-state index contributed by atoms with van der Waals surface area (Å²) in [5, 5.41) is 9.25. The number of methoxy groups -OCH3 is 2. The summed E-state index contributed by atoms with van der Waals surface area (Å²) in [4.78, 5) is 22.5. The molecule has 0 radical (unpaired) electrons. The summed E-state index contributed by atoms with van der Waals surface area (Å²) in [7, 11) is 2.49. The van der Waals surface area contributed by atoms with E-state index in [0.29, 0.717) is 5.56 Å². The number of esters is 2. The first-order valence-electron chi connectivity index (χ1n) is 4.55. The summed E-state index contributed by atoms with van der Waals surface area (Å²) in [5.74, 6) is -1.13. The van der Waals surface area contributed by atoms with E-state index in [9.17, 15) is 14.7 Å². The molecular formula is C11H12O5. The monoisotopic (exact) mass is 224 g/mol. The maximum absolute atomic E-state index is 11.4. The van der Waals surface area contributed by atoms with Gasteiger partial charge in [0.25, 0.3) is 0 Å². The van der Waals surface area contributed by atoms with E-state index in [1.54, 1.807) is 0 Å². The molecule has 5 heteroatoms. The van der Waals surface area contributed by atoms with Crippen molar-refractivity contribution in [1.82, 2.24) is 0 Å². The second-order valence-corrected chi connectivity index (χ2v) is 3.09. The highest BCUT2D eigenvalue weighted by atomic mass is 16.5. The molecule has 0 amide bonds. The van der Waals surface area contributed by atoms with Gasteiger partial charge in [-0.15, -0.1) is 0 Å². The Labute approximate surface area is 92.6 Å². The number of phenols is 1. The molecule has 1 N–H and O–H groups in total. The van der Waals surface area contributed by atoms with Gasteiger partial charge in [0, 0.05) is 0 Å². The Morgan fingerprint density at radius 1 is 1.25 bits per heavy atom. The molecule has 1 aromatic carbocycles. The summed E-state index contributed by atoms with van der Waals surface area (Å²) in [6, 6.07) is 4.13. The summed E-state index contributed by atoms with van der Waals surface area (Å²) >= 11 is 0. The first-order chi connectivity index (χ1) is 7.58. The molecule has 0 aliphatic rings. The largest absolute Gasteiger partial charge is 0.508 e. The number of hydrogen-bond donors (Lipinski definition) is 1. The number of hydrogen-bond acceptors (Lipinski definition) is 5. The Bertz CT molecular complexity index is 411. The van der Waals surface area contributed by atoms with Crippen LogP contribution >= 0.6 is 0 Å². The van der Waals surface area contributed by atoms with Crippen LogP contribution in [0.5, 0.6) is 5.75 Å². The zero-order chi connectivity index (χ0) is 12.1. The number of rotatable bonds is 3. The fourth-order valence-corrected chi connectivity index (χ4v) is 1.25. The molecule has 16 heavy (non-hydrogen) atoms. The van der Waals surface area contributed by atoms with Crippen LogP contribution in [-0.2, 0) is 20.7 Å². The minimum Gasteiger partial charge on any atom is -0.508 e. The summed E-state index contributed by atoms with van der Waals surface area (Å²) in [6.07, 6.45) is -0.0405. The highest BCUT2D eigenvalue weighted by Gasteiger charge is 2.15. The predicted octanol–water partition coefficient (Wildman–Crippen LogP) is 0.894. The van der Waals surface area contributed by atoms with Crippen LogP contribution in [0.25, 0.3) is 0 Å². The van der Waals surface area contributed by atoms with Gasteiger partial charge in [0.05, 0.1) is 26.2 Å². The second-order valence-electron chi connectivity index (χ2n) is 3.09. The molecule has 1 rings (SSSR count). The third-order valence-corrected chi connectivity index (χ3v) is 2.06. The molecule has 0 atom stereocenters. The van der Waals surface area contributed by atoms with Crippen LogP contribution in [0.4, 0.5) is 0 Å². The van der Waals surface area contributed by atoms with Crippen LogP contribution in [0, 0.1) is 0 Å². The second kappa shape index (κ2) is 5.16. The van der Waals surface area contributed by atoms with Gasteiger partial charge in [-0.05, 0) is 17.7 Å². The van der Waals surface area contributed by atoms with Gasteiger partial charge in [-0.3, -0.25) is 4.79 Å². The molecule has 0 saturated carbocycles. The van der Waals surface area contributed by atoms with E-state index in [2.05, 4.69) is 9.47 Å². The average molecular weight is 224 g/mol. The van der Waals surface area contributed by atoms with Crippen molar-refractivity contribution in [2.75, 3.05) is 14.2 Å². The third-order valence-electron chi connectivity index (χ3n) is 2.06. The van der Waals surface area contributed by atoms with E-state index in [1.165, 1.54) is 32.4 Å². The highest BCUT2D eigenvalue weighted by molar-refractivity contribution is 5.93. The van der Waals surface area contributed by atoms with Gasteiger partial charge in [-0.25, -0.2) is 4.79 Å². The average Bonchev–Trinajstić information content (AvgIpc) is 2.30. The lowest BCUT2D eigenvalue weighted by Gasteiger charge is -2.07. The van der Waals surface area contributed by atoms with Crippen molar-refractivity contribution >= 4 is 11.9 Å². The molecule has 0 aromatic heterocycles. The smallest absolute Gasteiger partial charge is 0.338 e. The first kappa shape index (κ1) is 12.0. The zero-order valence-electron chi connectivity index (χ0n) is 9.02. The molecule has 0 spiro atoms. The van der Waals surface area contributed by atoms with E-state index >= 15 is 0 Å². The van der Waals surface area contributed by atoms with Crippen molar-refractivity contribution in [3.8, 4) is 5.75 Å². The highest BCUT2D eigenvalue weighted by Crippen LogP contribution is 2.18. The zero-order valence-corrected chi connectivity index (χ0v) is 9.02. The number of ether oxygens (including phenoxy) is 2. The number of carbonyl (C=O) groups is 2. The SMILES string of the molecule is COC(=O)Cc1ccc(O)cc1C(=O)OC. The Morgan fingerprint density at radius 2 is 1.94 bits per heavy atom. The van der Waals surface area contributed by atoms with Crippen molar-refractivity contribution in [2.45, 2.75) is 6.42 Å². The topological polar surface area (TPSA) is 72.8 Å². The summed E-state index contributed by atoms with van der Waals surface area (Å²) in [6.45, 7) is 0. The normalized spacial score (nSPS) is 9.62. The van der Waals surface area contributed by atoms with Crippen LogP contribution in [0.3, 0.4) is 0 Å². The molecular weight excluding hydrogens is 212 g/mol. The van der Waals surface area contributed by atoms with Crippen molar-refractivity contribution < 1.29 is 24.2 Å². The van der Waals surface area contributed by atoms with E-state index in [4.69, 9.17) is 0 Å². The van der Waals surface area contributed by atoms with Gasteiger partial charge < -0.3 is 14.6 Å². The lowest BCUT2D eigenvalue weighted by molar-refractivity contribution is -0.139. The molecule has 1 aromatic rings. The van der Waals surface area contributed by atoms with Gasteiger partial charge in [-0.1, -0.05) is 6.07 Å². The van der Waals surface area contributed by atoms with Crippen LogP contribution < -0.4 is 0 Å². The lowest BCUT2D eigenvalue weighted by atomic mass is 10.0. The van der Waals surface area contributed by atoms with Crippen molar-refractivity contribution in [3.05, 3.63) is 29.3 Å². The van der Waals surface area contributed by atoms with Gasteiger partial charge in [-0.2, -0.15) is 0 Å². The number of carbonyl (C=O) groups excluding carboxylic acids is 2. The van der Waals surface area contributed by atoms with Crippen LogP contribution in [0.15, 0.2) is 18.2 Å². The van der Waals surface area contributed by atoms with Crippen LogP contribution in [-0.4, -0.2) is 31.3 Å². The standard InChI is InChI=1S/C11H12O5/c1-15-10(13)5-7-3-4-8(12)6-9(7)11(14)16-2/h3-4,6,12H,5H2,1-2H3.